The lowest BCUT2D eigenvalue weighted by molar-refractivity contribution is 0.326. The van der Waals surface area contributed by atoms with E-state index in [2.05, 4.69) is 32.5 Å². The highest BCUT2D eigenvalue weighted by Crippen LogP contribution is 2.28. The summed E-state index contributed by atoms with van der Waals surface area (Å²) in [6.45, 7) is 5.13. The Morgan fingerprint density at radius 2 is 1.86 bits per heavy atom. The Bertz CT molecular complexity index is 448. The number of hydrogen-bond acceptors (Lipinski definition) is 6. The number of aromatic nitrogens is 3. The summed E-state index contributed by atoms with van der Waals surface area (Å²) in [6, 6.07) is 0.482. The molecule has 0 bridgehead atoms. The van der Waals surface area contributed by atoms with Gasteiger partial charge in [0.25, 0.3) is 0 Å². The minimum absolute atomic E-state index is 0.482. The highest BCUT2D eigenvalue weighted by atomic mass is 15.3. The molecule has 1 aromatic heterocycles. The fourth-order valence-corrected chi connectivity index (χ4v) is 2.84. The maximum absolute atomic E-state index is 4.51. The van der Waals surface area contributed by atoms with E-state index in [1.165, 1.54) is 32.1 Å². The summed E-state index contributed by atoms with van der Waals surface area (Å²) in [4.78, 5) is 15.3. The third kappa shape index (κ3) is 4.44. The lowest BCUT2D eigenvalue weighted by Gasteiger charge is -2.29. The molecule has 0 aliphatic heterocycles. The van der Waals surface area contributed by atoms with Crippen LogP contribution < -0.4 is 15.5 Å². The molecule has 1 heterocycles. The zero-order chi connectivity index (χ0) is 15.2. The minimum atomic E-state index is 0.482. The topological polar surface area (TPSA) is 66.0 Å². The predicted octanol–water partition coefficient (Wildman–Crippen LogP) is 2.75. The van der Waals surface area contributed by atoms with Crippen molar-refractivity contribution in [3.63, 3.8) is 0 Å². The van der Waals surface area contributed by atoms with Gasteiger partial charge >= 0.3 is 0 Å². The van der Waals surface area contributed by atoms with Crippen LogP contribution in [0.25, 0.3) is 0 Å². The maximum atomic E-state index is 4.51. The molecule has 118 valence electrons. The molecular formula is C15H28N6. The second-order valence-corrected chi connectivity index (χ2v) is 5.99. The molecule has 1 fully saturated rings. The molecule has 1 aromatic rings. The van der Waals surface area contributed by atoms with Crippen LogP contribution in [0.3, 0.4) is 0 Å². The highest BCUT2D eigenvalue weighted by molar-refractivity contribution is 5.43. The second kappa shape index (κ2) is 7.43. The lowest BCUT2D eigenvalue weighted by atomic mass is 9.84. The average molecular weight is 292 g/mol. The third-order valence-corrected chi connectivity index (χ3v) is 4.05. The monoisotopic (exact) mass is 292 g/mol. The Hall–Kier alpha value is -1.59. The van der Waals surface area contributed by atoms with Crippen molar-refractivity contribution in [2.75, 3.05) is 36.2 Å². The zero-order valence-corrected chi connectivity index (χ0v) is 13.7. The number of nitrogens with one attached hydrogen (secondary N) is 2. The van der Waals surface area contributed by atoms with E-state index in [0.717, 1.165) is 12.5 Å². The molecule has 0 radical (unpaired) electrons. The first-order valence-corrected chi connectivity index (χ1v) is 8.06. The largest absolute Gasteiger partial charge is 0.354 e. The molecule has 1 aliphatic carbocycles. The van der Waals surface area contributed by atoms with Crippen molar-refractivity contribution in [3.8, 4) is 0 Å². The Morgan fingerprint density at radius 1 is 1.10 bits per heavy atom. The average Bonchev–Trinajstić information content (AvgIpc) is 2.47. The van der Waals surface area contributed by atoms with Gasteiger partial charge in [-0.2, -0.15) is 15.0 Å². The van der Waals surface area contributed by atoms with E-state index in [9.17, 15) is 0 Å². The number of nitrogens with zero attached hydrogens (tertiary/aromatic N) is 4. The SMILES string of the molecule is CCNc1nc(NC2CCCC(CC)C2)nc(N(C)C)n1. The third-order valence-electron chi connectivity index (χ3n) is 4.05. The molecule has 0 spiro atoms. The Morgan fingerprint density at radius 3 is 2.52 bits per heavy atom. The Balaban J connectivity index is 2.10. The van der Waals surface area contributed by atoms with Crippen LogP contribution >= 0.6 is 0 Å². The first-order chi connectivity index (χ1) is 10.1. The molecule has 6 nitrogen and oxygen atoms in total. The zero-order valence-electron chi connectivity index (χ0n) is 13.7. The van der Waals surface area contributed by atoms with Gasteiger partial charge in [0.15, 0.2) is 0 Å². The van der Waals surface area contributed by atoms with E-state index < -0.39 is 0 Å². The smallest absolute Gasteiger partial charge is 0.231 e. The fraction of sp³-hybridized carbons (Fsp3) is 0.800. The summed E-state index contributed by atoms with van der Waals surface area (Å²) in [5.41, 5.74) is 0. The minimum Gasteiger partial charge on any atom is -0.354 e. The maximum Gasteiger partial charge on any atom is 0.231 e. The van der Waals surface area contributed by atoms with Gasteiger partial charge in [0.05, 0.1) is 0 Å². The van der Waals surface area contributed by atoms with E-state index >= 15 is 0 Å². The molecule has 2 atom stereocenters. The van der Waals surface area contributed by atoms with E-state index in [-0.39, 0.29) is 0 Å². The number of hydrogen-bond donors (Lipinski definition) is 2. The molecule has 2 rings (SSSR count). The van der Waals surface area contributed by atoms with Crippen LogP contribution in [0.2, 0.25) is 0 Å². The van der Waals surface area contributed by atoms with Crippen molar-refractivity contribution >= 4 is 17.8 Å². The van der Waals surface area contributed by atoms with Crippen LogP contribution in [-0.4, -0.2) is 41.6 Å². The normalized spacial score (nSPS) is 21.9. The van der Waals surface area contributed by atoms with Crippen molar-refractivity contribution in [3.05, 3.63) is 0 Å². The van der Waals surface area contributed by atoms with Gasteiger partial charge in [-0.05, 0) is 25.7 Å². The van der Waals surface area contributed by atoms with Gasteiger partial charge in [0, 0.05) is 26.7 Å². The standard InChI is InChI=1S/C15H28N6/c1-5-11-8-7-9-12(10-11)17-14-18-13(16-6-2)19-15(20-14)21(3)4/h11-12H,5-10H2,1-4H3,(H2,16,17,18,19,20). The van der Waals surface area contributed by atoms with Crippen LogP contribution in [0, 0.1) is 5.92 Å². The van der Waals surface area contributed by atoms with Crippen molar-refractivity contribution < 1.29 is 0 Å². The molecule has 1 aliphatic rings. The van der Waals surface area contributed by atoms with Crippen molar-refractivity contribution in [2.45, 2.75) is 52.0 Å². The molecule has 2 unspecified atom stereocenters. The van der Waals surface area contributed by atoms with Crippen LogP contribution in [0.1, 0.15) is 46.0 Å². The summed E-state index contributed by atoms with van der Waals surface area (Å²) in [6.07, 6.45) is 6.34. The number of rotatable bonds is 6. The molecule has 21 heavy (non-hydrogen) atoms. The quantitative estimate of drug-likeness (QED) is 0.840. The lowest BCUT2D eigenvalue weighted by Crippen LogP contribution is -2.28. The van der Waals surface area contributed by atoms with E-state index in [0.29, 0.717) is 23.9 Å². The molecule has 0 saturated heterocycles. The van der Waals surface area contributed by atoms with Gasteiger partial charge < -0.3 is 15.5 Å². The van der Waals surface area contributed by atoms with Crippen molar-refractivity contribution in [2.24, 2.45) is 5.92 Å². The van der Waals surface area contributed by atoms with Gasteiger partial charge in [-0.15, -0.1) is 0 Å². The molecule has 0 amide bonds. The Kier molecular flexibility index (Phi) is 5.59. The van der Waals surface area contributed by atoms with E-state index in [1.54, 1.807) is 0 Å². The van der Waals surface area contributed by atoms with Crippen LogP contribution in [-0.2, 0) is 0 Å². The molecular weight excluding hydrogens is 264 g/mol. The number of anilines is 3. The van der Waals surface area contributed by atoms with Gasteiger partial charge in [-0.25, -0.2) is 0 Å². The van der Waals surface area contributed by atoms with Gasteiger partial charge in [-0.1, -0.05) is 26.2 Å². The Labute approximate surface area is 127 Å². The summed E-state index contributed by atoms with van der Waals surface area (Å²) >= 11 is 0. The van der Waals surface area contributed by atoms with Crippen LogP contribution in [0.15, 0.2) is 0 Å². The molecule has 2 N–H and O–H groups in total. The van der Waals surface area contributed by atoms with Crippen LogP contribution in [0.5, 0.6) is 0 Å². The van der Waals surface area contributed by atoms with E-state index in [4.69, 9.17) is 0 Å². The van der Waals surface area contributed by atoms with E-state index in [1.807, 2.05) is 25.9 Å². The molecule has 0 aromatic carbocycles. The summed E-state index contributed by atoms with van der Waals surface area (Å²) in [5.74, 6) is 2.85. The van der Waals surface area contributed by atoms with Gasteiger partial charge in [0.2, 0.25) is 17.8 Å². The summed E-state index contributed by atoms with van der Waals surface area (Å²) < 4.78 is 0. The fourth-order valence-electron chi connectivity index (χ4n) is 2.84. The second-order valence-electron chi connectivity index (χ2n) is 5.99. The molecule has 1 saturated carbocycles. The van der Waals surface area contributed by atoms with Gasteiger partial charge in [-0.3, -0.25) is 0 Å². The van der Waals surface area contributed by atoms with Crippen LogP contribution in [0.4, 0.5) is 17.8 Å². The first kappa shape index (κ1) is 15.8. The van der Waals surface area contributed by atoms with Crippen molar-refractivity contribution in [1.29, 1.82) is 0 Å². The molecule has 6 heteroatoms. The summed E-state index contributed by atoms with van der Waals surface area (Å²) in [7, 11) is 3.89. The van der Waals surface area contributed by atoms with Gasteiger partial charge in [0.1, 0.15) is 0 Å². The summed E-state index contributed by atoms with van der Waals surface area (Å²) in [5, 5.41) is 6.68. The predicted molar refractivity (Wildman–Crippen MR) is 88.0 cm³/mol. The highest BCUT2D eigenvalue weighted by Gasteiger charge is 2.21. The van der Waals surface area contributed by atoms with Crippen molar-refractivity contribution in [1.82, 2.24) is 15.0 Å². The first-order valence-electron chi connectivity index (χ1n) is 8.06.